The molecule has 0 saturated heterocycles. The molecule has 27 heavy (non-hydrogen) atoms. The summed E-state index contributed by atoms with van der Waals surface area (Å²) in [7, 11) is 0. The number of carbonyl (C=O) groups is 2. The molecule has 1 N–H and O–H groups in total. The second-order valence-corrected chi connectivity index (χ2v) is 6.87. The van der Waals surface area contributed by atoms with Gasteiger partial charge in [0.15, 0.2) is 5.78 Å². The van der Waals surface area contributed by atoms with Crippen molar-refractivity contribution in [2.24, 2.45) is 0 Å². The summed E-state index contributed by atoms with van der Waals surface area (Å²) in [5.41, 5.74) is 4.01. The van der Waals surface area contributed by atoms with E-state index >= 15 is 0 Å². The number of aryl methyl sites for hydroxylation is 1. The van der Waals surface area contributed by atoms with Crippen LogP contribution in [0.3, 0.4) is 0 Å². The summed E-state index contributed by atoms with van der Waals surface area (Å²) in [6.45, 7) is 2.47. The second-order valence-electron chi connectivity index (χ2n) is 6.43. The minimum absolute atomic E-state index is 0.0505. The van der Waals surface area contributed by atoms with Crippen LogP contribution in [0.25, 0.3) is 0 Å². The highest BCUT2D eigenvalue weighted by Crippen LogP contribution is 2.15. The number of halogens is 1. The smallest absolute Gasteiger partial charge is 0.251 e. The van der Waals surface area contributed by atoms with Crippen LogP contribution in [0.15, 0.2) is 72.8 Å². The second kappa shape index (κ2) is 8.65. The lowest BCUT2D eigenvalue weighted by molar-refractivity contribution is 0.0950. The zero-order chi connectivity index (χ0) is 19.2. The third kappa shape index (κ3) is 5.05. The van der Waals surface area contributed by atoms with Crippen molar-refractivity contribution in [3.63, 3.8) is 0 Å². The quantitative estimate of drug-likeness (QED) is 0.614. The predicted molar refractivity (Wildman–Crippen MR) is 108 cm³/mol. The average molecular weight is 378 g/mol. The van der Waals surface area contributed by atoms with Gasteiger partial charge in [-0.25, -0.2) is 0 Å². The Morgan fingerprint density at radius 2 is 1.56 bits per heavy atom. The molecule has 0 unspecified atom stereocenters. The number of hydrogen-bond donors (Lipinski definition) is 1. The Morgan fingerprint density at radius 1 is 0.889 bits per heavy atom. The van der Waals surface area contributed by atoms with Crippen LogP contribution in [0, 0.1) is 6.92 Å². The lowest BCUT2D eigenvalue weighted by Gasteiger charge is -2.10. The number of carbonyl (C=O) groups excluding carboxylic acids is 2. The molecule has 0 spiro atoms. The molecule has 3 aromatic carbocycles. The maximum Gasteiger partial charge on any atom is 0.251 e. The topological polar surface area (TPSA) is 46.2 Å². The lowest BCUT2D eigenvalue weighted by atomic mass is 9.98. The van der Waals surface area contributed by atoms with Crippen LogP contribution in [0.5, 0.6) is 0 Å². The molecule has 136 valence electrons. The fourth-order valence-corrected chi connectivity index (χ4v) is 2.92. The van der Waals surface area contributed by atoms with Crippen molar-refractivity contribution < 1.29 is 9.59 Å². The van der Waals surface area contributed by atoms with Gasteiger partial charge in [0.25, 0.3) is 5.91 Å². The summed E-state index contributed by atoms with van der Waals surface area (Å²) < 4.78 is 0. The van der Waals surface area contributed by atoms with Crippen LogP contribution in [-0.4, -0.2) is 11.7 Å². The third-order valence-corrected chi connectivity index (χ3v) is 4.60. The summed E-state index contributed by atoms with van der Waals surface area (Å²) in [4.78, 5) is 25.2. The Kier molecular flexibility index (Phi) is 6.05. The predicted octanol–water partition coefficient (Wildman–Crippen LogP) is 5.00. The van der Waals surface area contributed by atoms with E-state index in [2.05, 4.69) is 5.32 Å². The molecule has 3 nitrogen and oxygen atoms in total. The monoisotopic (exact) mass is 377 g/mol. The van der Waals surface area contributed by atoms with Crippen LogP contribution in [0.2, 0.25) is 5.02 Å². The van der Waals surface area contributed by atoms with Gasteiger partial charge < -0.3 is 5.32 Å². The fourth-order valence-electron chi connectivity index (χ4n) is 2.79. The molecule has 0 saturated carbocycles. The molecule has 3 aromatic rings. The fraction of sp³-hybridized carbons (Fsp3) is 0.130. The largest absolute Gasteiger partial charge is 0.348 e. The first-order chi connectivity index (χ1) is 13.0. The Bertz CT molecular complexity index is 947. The van der Waals surface area contributed by atoms with Crippen LogP contribution in [0.4, 0.5) is 0 Å². The van der Waals surface area contributed by atoms with Gasteiger partial charge >= 0.3 is 0 Å². The number of nitrogens with one attached hydrogen (secondary N) is 1. The first-order valence-corrected chi connectivity index (χ1v) is 9.11. The first kappa shape index (κ1) is 18.9. The Hall–Kier alpha value is -2.91. The Balaban J connectivity index is 1.70. The van der Waals surface area contributed by atoms with Gasteiger partial charge in [0.05, 0.1) is 0 Å². The molecule has 0 bridgehead atoms. The molecule has 0 aliphatic carbocycles. The molecule has 0 aliphatic rings. The first-order valence-electron chi connectivity index (χ1n) is 8.73. The van der Waals surface area contributed by atoms with Gasteiger partial charge in [-0.2, -0.15) is 0 Å². The highest BCUT2D eigenvalue weighted by atomic mass is 35.5. The molecule has 0 atom stereocenters. The van der Waals surface area contributed by atoms with Crippen LogP contribution >= 0.6 is 11.6 Å². The number of benzene rings is 3. The highest BCUT2D eigenvalue weighted by Gasteiger charge is 2.14. The molecule has 0 aliphatic heterocycles. The minimum Gasteiger partial charge on any atom is -0.348 e. The SMILES string of the molecule is Cc1ccc(CNC(=O)c2ccccc2CC(=O)c2ccc(Cl)cc2)cc1. The summed E-state index contributed by atoms with van der Waals surface area (Å²) in [5, 5.41) is 3.51. The Labute approximate surface area is 164 Å². The van der Waals surface area contributed by atoms with E-state index in [1.54, 1.807) is 36.4 Å². The molecule has 0 heterocycles. The van der Waals surface area contributed by atoms with Crippen molar-refractivity contribution >= 4 is 23.3 Å². The van der Waals surface area contributed by atoms with Crippen molar-refractivity contribution in [3.8, 4) is 0 Å². The van der Waals surface area contributed by atoms with Crippen LogP contribution < -0.4 is 5.32 Å². The van der Waals surface area contributed by atoms with Crippen molar-refractivity contribution in [2.45, 2.75) is 19.9 Å². The normalized spacial score (nSPS) is 10.4. The summed E-state index contributed by atoms with van der Waals surface area (Å²) in [6.07, 6.45) is 0.162. The molecule has 4 heteroatoms. The lowest BCUT2D eigenvalue weighted by Crippen LogP contribution is -2.24. The number of rotatable bonds is 6. The number of amides is 1. The van der Waals surface area contributed by atoms with E-state index in [0.717, 1.165) is 5.56 Å². The van der Waals surface area contributed by atoms with Gasteiger partial charge in [-0.05, 0) is 48.4 Å². The van der Waals surface area contributed by atoms with E-state index < -0.39 is 0 Å². The van der Waals surface area contributed by atoms with E-state index in [4.69, 9.17) is 11.6 Å². The van der Waals surface area contributed by atoms with Gasteiger partial charge in [-0.3, -0.25) is 9.59 Å². The molecule has 1 amide bonds. The molecule has 3 rings (SSSR count). The van der Waals surface area contributed by atoms with Crippen molar-refractivity contribution in [1.29, 1.82) is 0 Å². The van der Waals surface area contributed by atoms with E-state index in [1.807, 2.05) is 43.3 Å². The maximum absolute atomic E-state index is 12.6. The van der Waals surface area contributed by atoms with Gasteiger partial charge in [-0.1, -0.05) is 59.6 Å². The number of hydrogen-bond acceptors (Lipinski definition) is 2. The maximum atomic E-state index is 12.6. The van der Waals surface area contributed by atoms with Gasteiger partial charge in [0.2, 0.25) is 0 Å². The van der Waals surface area contributed by atoms with E-state index in [1.165, 1.54) is 5.56 Å². The molecule has 0 radical (unpaired) electrons. The highest BCUT2D eigenvalue weighted by molar-refractivity contribution is 6.30. The zero-order valence-corrected chi connectivity index (χ0v) is 15.8. The van der Waals surface area contributed by atoms with Gasteiger partial charge in [0, 0.05) is 29.1 Å². The van der Waals surface area contributed by atoms with Crippen LogP contribution in [0.1, 0.15) is 37.4 Å². The number of Topliss-reactive ketones (excluding diaryl/α,β-unsaturated/α-hetero) is 1. The molecular weight excluding hydrogens is 358 g/mol. The Morgan fingerprint density at radius 3 is 2.26 bits per heavy atom. The van der Waals surface area contributed by atoms with Gasteiger partial charge in [0.1, 0.15) is 0 Å². The molecule has 0 fully saturated rings. The van der Waals surface area contributed by atoms with Crippen molar-refractivity contribution in [3.05, 3.63) is 106 Å². The number of ketones is 1. The molecule has 0 aromatic heterocycles. The zero-order valence-electron chi connectivity index (χ0n) is 15.0. The average Bonchev–Trinajstić information content (AvgIpc) is 2.68. The minimum atomic E-state index is -0.185. The van der Waals surface area contributed by atoms with Gasteiger partial charge in [-0.15, -0.1) is 0 Å². The third-order valence-electron chi connectivity index (χ3n) is 4.35. The van der Waals surface area contributed by atoms with E-state index in [9.17, 15) is 9.59 Å². The van der Waals surface area contributed by atoms with Crippen LogP contribution in [-0.2, 0) is 13.0 Å². The van der Waals surface area contributed by atoms with Crippen molar-refractivity contribution in [2.75, 3.05) is 0 Å². The standard InChI is InChI=1S/C23H20ClNO2/c1-16-6-8-17(9-7-16)15-25-23(27)21-5-3-2-4-19(21)14-22(26)18-10-12-20(24)13-11-18/h2-13H,14-15H2,1H3,(H,25,27). The molecular formula is C23H20ClNO2. The summed E-state index contributed by atoms with van der Waals surface area (Å²) >= 11 is 5.87. The summed E-state index contributed by atoms with van der Waals surface area (Å²) in [6, 6.07) is 22.0. The van der Waals surface area contributed by atoms with E-state index in [0.29, 0.717) is 28.3 Å². The summed E-state index contributed by atoms with van der Waals surface area (Å²) in [5.74, 6) is -0.236. The van der Waals surface area contributed by atoms with E-state index in [-0.39, 0.29) is 18.1 Å². The van der Waals surface area contributed by atoms with Crippen molar-refractivity contribution in [1.82, 2.24) is 5.32 Å².